The van der Waals surface area contributed by atoms with Crippen molar-refractivity contribution >= 4 is 21.8 Å². The highest BCUT2D eigenvalue weighted by molar-refractivity contribution is 9.10. The van der Waals surface area contributed by atoms with Crippen LogP contribution in [0.5, 0.6) is 0 Å². The summed E-state index contributed by atoms with van der Waals surface area (Å²) in [5.41, 5.74) is 0.512. The molecule has 5 heteroatoms. The van der Waals surface area contributed by atoms with Crippen LogP contribution in [0.4, 0.5) is 4.39 Å². The molecule has 0 bridgehead atoms. The highest BCUT2D eigenvalue weighted by Crippen LogP contribution is 2.23. The Kier molecular flexibility index (Phi) is 5.16. The second-order valence-electron chi connectivity index (χ2n) is 5.28. The lowest BCUT2D eigenvalue weighted by atomic mass is 10.0. The van der Waals surface area contributed by atoms with E-state index < -0.39 is 0 Å². The van der Waals surface area contributed by atoms with Crippen LogP contribution in [0, 0.1) is 5.82 Å². The van der Waals surface area contributed by atoms with E-state index >= 15 is 0 Å². The minimum atomic E-state index is -0.358. The molecule has 1 fully saturated rings. The molecule has 1 aliphatic rings. The summed E-state index contributed by atoms with van der Waals surface area (Å²) >= 11 is 3.13. The minimum Gasteiger partial charge on any atom is -0.381 e. The largest absolute Gasteiger partial charge is 0.381 e. The SMILES string of the molecule is CC(C)N(C(=O)c1ccc(F)c(Br)c1)C1CCOCC1. The molecule has 3 nitrogen and oxygen atoms in total. The Bertz CT molecular complexity index is 487. The molecule has 0 radical (unpaired) electrons. The summed E-state index contributed by atoms with van der Waals surface area (Å²) in [6, 6.07) is 4.71. The van der Waals surface area contributed by atoms with Crippen molar-refractivity contribution in [2.45, 2.75) is 38.8 Å². The van der Waals surface area contributed by atoms with E-state index in [1.165, 1.54) is 12.1 Å². The average molecular weight is 344 g/mol. The number of hydrogen-bond donors (Lipinski definition) is 0. The fraction of sp³-hybridized carbons (Fsp3) is 0.533. The van der Waals surface area contributed by atoms with E-state index in [2.05, 4.69) is 15.9 Å². The number of carbonyl (C=O) groups excluding carboxylic acids is 1. The maximum Gasteiger partial charge on any atom is 0.254 e. The summed E-state index contributed by atoms with van der Waals surface area (Å²) in [7, 11) is 0. The lowest BCUT2D eigenvalue weighted by Crippen LogP contribution is -2.47. The van der Waals surface area contributed by atoms with Crippen molar-refractivity contribution in [2.75, 3.05) is 13.2 Å². The van der Waals surface area contributed by atoms with Gasteiger partial charge in [-0.05, 0) is 60.8 Å². The van der Waals surface area contributed by atoms with Gasteiger partial charge in [-0.25, -0.2) is 4.39 Å². The van der Waals surface area contributed by atoms with Crippen LogP contribution in [0.2, 0.25) is 0 Å². The van der Waals surface area contributed by atoms with Crippen LogP contribution in [0.15, 0.2) is 22.7 Å². The van der Waals surface area contributed by atoms with Crippen LogP contribution in [-0.4, -0.2) is 36.1 Å². The van der Waals surface area contributed by atoms with Crippen molar-refractivity contribution in [1.29, 1.82) is 0 Å². The number of nitrogens with zero attached hydrogens (tertiary/aromatic N) is 1. The molecule has 0 N–H and O–H groups in total. The molecule has 20 heavy (non-hydrogen) atoms. The molecule has 2 rings (SSSR count). The first-order valence-corrected chi connectivity index (χ1v) is 7.65. The summed E-state index contributed by atoms with van der Waals surface area (Å²) in [6.45, 7) is 5.39. The molecule has 0 saturated carbocycles. The molecule has 0 atom stereocenters. The lowest BCUT2D eigenvalue weighted by molar-refractivity contribution is 0.0206. The van der Waals surface area contributed by atoms with Gasteiger partial charge in [0.1, 0.15) is 5.82 Å². The first-order valence-electron chi connectivity index (χ1n) is 6.86. The molecule has 1 heterocycles. The molecule has 0 aromatic heterocycles. The third kappa shape index (κ3) is 3.38. The molecule has 0 aliphatic carbocycles. The van der Waals surface area contributed by atoms with Gasteiger partial charge in [-0.2, -0.15) is 0 Å². The predicted molar refractivity (Wildman–Crippen MR) is 79.2 cm³/mol. The minimum absolute atomic E-state index is 0.0485. The highest BCUT2D eigenvalue weighted by Gasteiger charge is 2.28. The number of hydrogen-bond acceptors (Lipinski definition) is 2. The van der Waals surface area contributed by atoms with Crippen LogP contribution in [-0.2, 0) is 4.74 Å². The van der Waals surface area contributed by atoms with Crippen molar-refractivity contribution in [3.8, 4) is 0 Å². The van der Waals surface area contributed by atoms with Gasteiger partial charge in [-0.15, -0.1) is 0 Å². The Hall–Kier alpha value is -0.940. The van der Waals surface area contributed by atoms with Crippen molar-refractivity contribution in [3.05, 3.63) is 34.1 Å². The quantitative estimate of drug-likeness (QED) is 0.838. The maximum absolute atomic E-state index is 13.3. The fourth-order valence-electron chi connectivity index (χ4n) is 2.56. The van der Waals surface area contributed by atoms with E-state index in [9.17, 15) is 9.18 Å². The van der Waals surface area contributed by atoms with Gasteiger partial charge in [-0.3, -0.25) is 4.79 Å². The van der Waals surface area contributed by atoms with E-state index in [1.807, 2.05) is 18.7 Å². The third-order valence-electron chi connectivity index (χ3n) is 3.54. The van der Waals surface area contributed by atoms with E-state index in [-0.39, 0.29) is 23.8 Å². The molecule has 1 aliphatic heterocycles. The summed E-state index contributed by atoms with van der Waals surface area (Å²) in [5.74, 6) is -0.406. The Balaban J connectivity index is 2.23. The van der Waals surface area contributed by atoms with Crippen LogP contribution < -0.4 is 0 Å². The molecule has 1 saturated heterocycles. The number of halogens is 2. The highest BCUT2D eigenvalue weighted by atomic mass is 79.9. The monoisotopic (exact) mass is 343 g/mol. The molecule has 0 unspecified atom stereocenters. The van der Waals surface area contributed by atoms with Crippen LogP contribution in [0.1, 0.15) is 37.0 Å². The Labute approximate surface area is 127 Å². The maximum atomic E-state index is 13.3. The van der Waals surface area contributed by atoms with E-state index in [0.29, 0.717) is 23.2 Å². The zero-order valence-electron chi connectivity index (χ0n) is 11.7. The van der Waals surface area contributed by atoms with Crippen molar-refractivity contribution < 1.29 is 13.9 Å². The summed E-state index contributed by atoms with van der Waals surface area (Å²) in [6.07, 6.45) is 1.71. The number of rotatable bonds is 3. The number of ether oxygens (including phenoxy) is 1. The predicted octanol–water partition coefficient (Wildman–Crippen LogP) is 3.62. The second kappa shape index (κ2) is 6.68. The van der Waals surface area contributed by atoms with Crippen molar-refractivity contribution in [1.82, 2.24) is 4.90 Å². The first-order chi connectivity index (χ1) is 9.50. The summed E-state index contributed by atoms with van der Waals surface area (Å²) < 4.78 is 19.0. The summed E-state index contributed by atoms with van der Waals surface area (Å²) in [4.78, 5) is 14.6. The molecule has 110 valence electrons. The number of amides is 1. The van der Waals surface area contributed by atoms with E-state index in [1.54, 1.807) is 6.07 Å². The smallest absolute Gasteiger partial charge is 0.254 e. The van der Waals surface area contributed by atoms with Gasteiger partial charge in [0.05, 0.1) is 4.47 Å². The van der Waals surface area contributed by atoms with Gasteiger partial charge in [0.25, 0.3) is 5.91 Å². The molecule has 1 amide bonds. The van der Waals surface area contributed by atoms with Crippen LogP contribution in [0.3, 0.4) is 0 Å². The molecule has 1 aromatic rings. The van der Waals surface area contributed by atoms with Crippen molar-refractivity contribution in [3.63, 3.8) is 0 Å². The van der Waals surface area contributed by atoms with E-state index in [0.717, 1.165) is 12.8 Å². The normalized spacial score (nSPS) is 16.4. The van der Waals surface area contributed by atoms with Gasteiger partial charge < -0.3 is 9.64 Å². The van der Waals surface area contributed by atoms with Gasteiger partial charge in [0, 0.05) is 30.9 Å². The van der Waals surface area contributed by atoms with Gasteiger partial charge in [0.15, 0.2) is 0 Å². The standard InChI is InChI=1S/C15H19BrFNO2/c1-10(2)18(12-5-7-20-8-6-12)15(19)11-3-4-14(17)13(16)9-11/h3-4,9-10,12H,5-8H2,1-2H3. The Morgan fingerprint density at radius 1 is 1.40 bits per heavy atom. The molecule has 1 aromatic carbocycles. The zero-order chi connectivity index (χ0) is 14.7. The van der Waals surface area contributed by atoms with Gasteiger partial charge >= 0.3 is 0 Å². The Morgan fingerprint density at radius 3 is 2.60 bits per heavy atom. The number of benzene rings is 1. The van der Waals surface area contributed by atoms with Crippen LogP contribution >= 0.6 is 15.9 Å². The van der Waals surface area contributed by atoms with Gasteiger partial charge in [0.2, 0.25) is 0 Å². The summed E-state index contributed by atoms with van der Waals surface area (Å²) in [5, 5.41) is 0. The van der Waals surface area contributed by atoms with Crippen LogP contribution in [0.25, 0.3) is 0 Å². The topological polar surface area (TPSA) is 29.5 Å². The number of carbonyl (C=O) groups is 1. The van der Waals surface area contributed by atoms with Crippen molar-refractivity contribution in [2.24, 2.45) is 0 Å². The first kappa shape index (κ1) is 15.4. The third-order valence-corrected chi connectivity index (χ3v) is 4.15. The Morgan fingerprint density at radius 2 is 2.05 bits per heavy atom. The lowest BCUT2D eigenvalue weighted by Gasteiger charge is -2.37. The molecular weight excluding hydrogens is 325 g/mol. The van der Waals surface area contributed by atoms with E-state index in [4.69, 9.17) is 4.74 Å². The fourth-order valence-corrected chi connectivity index (χ4v) is 2.94. The molecule has 0 spiro atoms. The average Bonchev–Trinajstić information content (AvgIpc) is 2.42. The zero-order valence-corrected chi connectivity index (χ0v) is 13.3. The second-order valence-corrected chi connectivity index (χ2v) is 6.13. The van der Waals surface area contributed by atoms with Gasteiger partial charge in [-0.1, -0.05) is 0 Å². The molecular formula is C15H19BrFNO2.